The third-order valence-corrected chi connectivity index (χ3v) is 7.63. The Morgan fingerprint density at radius 3 is 2.81 bits per heavy atom. The van der Waals surface area contributed by atoms with Crippen LogP contribution in [0.1, 0.15) is 46.0 Å². The normalized spacial score (nSPS) is 15.3. The first-order chi connectivity index (χ1) is 17.4. The molecule has 0 saturated heterocycles. The number of nitrogens with zero attached hydrogens (tertiary/aromatic N) is 4. The van der Waals surface area contributed by atoms with Crippen molar-refractivity contribution in [2.75, 3.05) is 13.7 Å². The van der Waals surface area contributed by atoms with Gasteiger partial charge in [0.2, 0.25) is 0 Å². The van der Waals surface area contributed by atoms with Gasteiger partial charge in [0.05, 0.1) is 13.3 Å². The summed E-state index contributed by atoms with van der Waals surface area (Å²) in [4.78, 5) is 14.1. The van der Waals surface area contributed by atoms with E-state index in [0.29, 0.717) is 6.04 Å². The van der Waals surface area contributed by atoms with Crippen molar-refractivity contribution in [3.63, 3.8) is 0 Å². The van der Waals surface area contributed by atoms with Gasteiger partial charge in [0, 0.05) is 67.7 Å². The molecule has 6 nitrogen and oxygen atoms in total. The first-order valence-electron chi connectivity index (χ1n) is 12.6. The number of benzene rings is 2. The fourth-order valence-corrected chi connectivity index (χ4v) is 5.48. The molecule has 0 radical (unpaired) electrons. The molecule has 0 saturated carbocycles. The minimum atomic E-state index is -0.333. The molecule has 0 amide bonds. The van der Waals surface area contributed by atoms with Crippen molar-refractivity contribution in [3.05, 3.63) is 94.4 Å². The molecule has 2 aromatic carbocycles. The van der Waals surface area contributed by atoms with E-state index in [2.05, 4.69) is 77.2 Å². The lowest BCUT2D eigenvalue weighted by molar-refractivity contribution is -0.134. The maximum atomic E-state index is 11.5. The molecular formula is C30H34N4O2. The van der Waals surface area contributed by atoms with Gasteiger partial charge in [0.15, 0.2) is 0 Å². The number of rotatable bonds is 8. The lowest BCUT2D eigenvalue weighted by Gasteiger charge is -2.30. The van der Waals surface area contributed by atoms with Gasteiger partial charge in [-0.25, -0.2) is 4.79 Å². The molecule has 1 atom stereocenters. The van der Waals surface area contributed by atoms with Crippen molar-refractivity contribution >= 4 is 22.9 Å². The first kappa shape index (κ1) is 24.1. The number of ether oxygens (including phenoxy) is 1. The fourth-order valence-electron chi connectivity index (χ4n) is 5.48. The van der Waals surface area contributed by atoms with Crippen molar-refractivity contribution in [3.8, 4) is 0 Å². The highest BCUT2D eigenvalue weighted by atomic mass is 16.5. The minimum Gasteiger partial charge on any atom is -0.466 e. The van der Waals surface area contributed by atoms with E-state index in [-0.39, 0.29) is 5.97 Å². The van der Waals surface area contributed by atoms with E-state index in [0.717, 1.165) is 37.9 Å². The smallest absolute Gasteiger partial charge is 0.330 e. The van der Waals surface area contributed by atoms with Crippen LogP contribution in [0.3, 0.4) is 0 Å². The van der Waals surface area contributed by atoms with E-state index in [9.17, 15) is 4.79 Å². The summed E-state index contributed by atoms with van der Waals surface area (Å²) in [7, 11) is 5.53. The molecule has 186 valence electrons. The highest BCUT2D eigenvalue weighted by Gasteiger charge is 2.29. The average molecular weight is 483 g/mol. The van der Waals surface area contributed by atoms with Crippen molar-refractivity contribution in [1.82, 2.24) is 19.2 Å². The summed E-state index contributed by atoms with van der Waals surface area (Å²) in [5, 5.41) is 5.84. The van der Waals surface area contributed by atoms with E-state index in [1.165, 1.54) is 52.0 Å². The highest BCUT2D eigenvalue weighted by molar-refractivity contribution is 5.87. The number of carbonyl (C=O) groups is 1. The lowest BCUT2D eigenvalue weighted by Crippen LogP contribution is -2.29. The predicted octanol–water partition coefficient (Wildman–Crippen LogP) is 5.14. The van der Waals surface area contributed by atoms with Crippen molar-refractivity contribution < 1.29 is 9.53 Å². The zero-order valence-electron chi connectivity index (χ0n) is 21.6. The Hall–Kier alpha value is -3.64. The number of carbonyl (C=O) groups excluding carboxylic acids is 1. The van der Waals surface area contributed by atoms with Crippen LogP contribution in [0.15, 0.2) is 60.9 Å². The Morgan fingerprint density at radius 1 is 1.19 bits per heavy atom. The molecule has 1 aliphatic rings. The van der Waals surface area contributed by atoms with E-state index in [4.69, 9.17) is 4.74 Å². The second-order valence-corrected chi connectivity index (χ2v) is 9.75. The first-order valence-corrected chi connectivity index (χ1v) is 12.6. The van der Waals surface area contributed by atoms with E-state index < -0.39 is 0 Å². The Morgan fingerprint density at radius 2 is 2.03 bits per heavy atom. The number of hydrogen-bond donors (Lipinski definition) is 0. The number of fused-ring (bicyclic) bond motifs is 2. The lowest BCUT2D eigenvalue weighted by atomic mass is 10.0. The molecule has 2 aromatic heterocycles. The third-order valence-electron chi connectivity index (χ3n) is 7.63. The summed E-state index contributed by atoms with van der Waals surface area (Å²) in [5.41, 5.74) is 8.96. The van der Waals surface area contributed by atoms with Gasteiger partial charge in [0.1, 0.15) is 0 Å². The summed E-state index contributed by atoms with van der Waals surface area (Å²) >= 11 is 0. The standard InChI is InChI=1S/C30H34N4O2/c1-21-25(18-31-33(21)3)20-34(16-15-24-19-32(2)28-8-6-5-7-26(24)28)29-13-11-23-17-22(9-12-27(23)29)10-14-30(35)36-4/h5-10,12,14,17-19,29H,11,13,15-16,20H2,1-4H3. The average Bonchev–Trinajstić information content (AvgIpc) is 3.56. The number of aromatic nitrogens is 3. The number of aryl methyl sites for hydroxylation is 3. The molecule has 4 aromatic rings. The van der Waals surface area contributed by atoms with Crippen LogP contribution < -0.4 is 0 Å². The molecule has 0 aliphatic heterocycles. The summed E-state index contributed by atoms with van der Waals surface area (Å²) in [5.74, 6) is -0.333. The Balaban J connectivity index is 1.42. The van der Waals surface area contributed by atoms with Crippen molar-refractivity contribution in [1.29, 1.82) is 0 Å². The summed E-state index contributed by atoms with van der Waals surface area (Å²) in [6.07, 6.45) is 10.7. The molecule has 0 bridgehead atoms. The summed E-state index contributed by atoms with van der Waals surface area (Å²) < 4.78 is 8.92. The predicted molar refractivity (Wildman–Crippen MR) is 144 cm³/mol. The second-order valence-electron chi connectivity index (χ2n) is 9.75. The van der Waals surface area contributed by atoms with Gasteiger partial charge in [0.25, 0.3) is 0 Å². The van der Waals surface area contributed by atoms with Crippen molar-refractivity contribution in [2.45, 2.75) is 38.8 Å². The van der Waals surface area contributed by atoms with Gasteiger partial charge in [-0.3, -0.25) is 9.58 Å². The Labute approximate surface area is 212 Å². The minimum absolute atomic E-state index is 0.333. The molecule has 0 N–H and O–H groups in total. The number of hydrogen-bond acceptors (Lipinski definition) is 4. The van der Waals surface area contributed by atoms with E-state index >= 15 is 0 Å². The Kier molecular flexibility index (Phi) is 6.79. The van der Waals surface area contributed by atoms with Gasteiger partial charge in [-0.2, -0.15) is 5.10 Å². The van der Waals surface area contributed by atoms with Gasteiger partial charge >= 0.3 is 5.97 Å². The molecule has 1 unspecified atom stereocenters. The molecular weight excluding hydrogens is 448 g/mol. The SMILES string of the molecule is COC(=O)C=Cc1ccc2c(c1)CCC2N(CCc1cn(C)c2ccccc12)Cc1cnn(C)c1C. The van der Waals surface area contributed by atoms with Crippen LogP contribution in [0.2, 0.25) is 0 Å². The van der Waals surface area contributed by atoms with Crippen LogP contribution in [-0.4, -0.2) is 38.9 Å². The van der Waals surface area contributed by atoms with Crippen LogP contribution in [0, 0.1) is 6.92 Å². The fraction of sp³-hybridized carbons (Fsp3) is 0.333. The number of para-hydroxylation sites is 1. The monoisotopic (exact) mass is 482 g/mol. The quantitative estimate of drug-likeness (QED) is 0.258. The molecule has 36 heavy (non-hydrogen) atoms. The zero-order chi connectivity index (χ0) is 25.2. The molecule has 5 rings (SSSR count). The molecule has 0 fully saturated rings. The molecule has 6 heteroatoms. The van der Waals surface area contributed by atoms with E-state index in [1.54, 1.807) is 0 Å². The number of esters is 1. The molecule has 0 spiro atoms. The van der Waals surface area contributed by atoms with Gasteiger partial charge in [-0.15, -0.1) is 0 Å². The topological polar surface area (TPSA) is 52.3 Å². The molecule has 1 aliphatic carbocycles. The van der Waals surface area contributed by atoms with Gasteiger partial charge in [-0.1, -0.05) is 36.4 Å². The summed E-state index contributed by atoms with van der Waals surface area (Å²) in [6, 6.07) is 15.6. The maximum Gasteiger partial charge on any atom is 0.330 e. The van der Waals surface area contributed by atoms with Crippen LogP contribution >= 0.6 is 0 Å². The van der Waals surface area contributed by atoms with Crippen LogP contribution in [0.5, 0.6) is 0 Å². The Bertz CT molecular complexity index is 1430. The van der Waals surface area contributed by atoms with Crippen LogP contribution in [0.25, 0.3) is 17.0 Å². The maximum absolute atomic E-state index is 11.5. The summed E-state index contributed by atoms with van der Waals surface area (Å²) in [6.45, 7) is 3.99. The third kappa shape index (κ3) is 4.73. The van der Waals surface area contributed by atoms with Gasteiger partial charge in [-0.05, 0) is 60.6 Å². The highest BCUT2D eigenvalue weighted by Crippen LogP contribution is 2.38. The van der Waals surface area contributed by atoms with Crippen LogP contribution in [-0.2, 0) is 43.0 Å². The van der Waals surface area contributed by atoms with Crippen molar-refractivity contribution in [2.24, 2.45) is 14.1 Å². The van der Waals surface area contributed by atoms with Crippen LogP contribution in [0.4, 0.5) is 0 Å². The second kappa shape index (κ2) is 10.2. The molecule has 2 heterocycles. The van der Waals surface area contributed by atoms with Gasteiger partial charge < -0.3 is 9.30 Å². The van der Waals surface area contributed by atoms with E-state index in [1.807, 2.05) is 24.0 Å². The number of methoxy groups -OCH3 is 1. The zero-order valence-corrected chi connectivity index (χ0v) is 21.6. The largest absolute Gasteiger partial charge is 0.466 e.